The predicted octanol–water partition coefficient (Wildman–Crippen LogP) is 4.69. The lowest BCUT2D eigenvalue weighted by atomic mass is 10.1. The first kappa shape index (κ1) is 25.5. The van der Waals surface area contributed by atoms with Crippen LogP contribution in [0.4, 0.5) is 13.2 Å². The summed E-state index contributed by atoms with van der Waals surface area (Å²) in [6.45, 7) is 2.86. The van der Waals surface area contributed by atoms with E-state index in [1.165, 1.54) is 0 Å². The minimum atomic E-state index is -5.08. The molecule has 0 aliphatic heterocycles. The van der Waals surface area contributed by atoms with Crippen LogP contribution in [0.2, 0.25) is 0 Å². The van der Waals surface area contributed by atoms with Gasteiger partial charge in [-0.15, -0.1) is 0 Å². The fourth-order valence-electron chi connectivity index (χ4n) is 3.25. The predicted molar refractivity (Wildman–Crippen MR) is 123 cm³/mol. The molecule has 0 fully saturated rings. The first-order chi connectivity index (χ1) is 16.6. The lowest BCUT2D eigenvalue weighted by Gasteiger charge is -2.14. The number of rotatable bonds is 6. The van der Waals surface area contributed by atoms with Crippen molar-refractivity contribution in [1.29, 1.82) is 0 Å². The molecule has 1 amide bonds. The molecule has 0 saturated carbocycles. The highest BCUT2D eigenvalue weighted by Gasteiger charge is 2.38. The smallest absolute Gasteiger partial charge is 0.475 e. The van der Waals surface area contributed by atoms with Crippen LogP contribution in [0.15, 0.2) is 67.3 Å². The fraction of sp³-hybridized carbons (Fsp3) is 0.250. The normalized spacial score (nSPS) is 11.1. The Hall–Kier alpha value is -4.15. The minimum Gasteiger partial charge on any atom is -0.475 e. The molecule has 35 heavy (non-hydrogen) atoms. The summed E-state index contributed by atoms with van der Waals surface area (Å²) in [6, 6.07) is 14.0. The topological polar surface area (TPSA) is 92.7 Å². The number of hydrogen-bond donors (Lipinski definition) is 1. The molecule has 0 bridgehead atoms. The molecule has 184 valence electrons. The average molecular weight is 487 g/mol. The van der Waals surface area contributed by atoms with Gasteiger partial charge in [-0.3, -0.25) is 9.78 Å². The summed E-state index contributed by atoms with van der Waals surface area (Å²) in [5.74, 6) is -1.92. The molecule has 0 unspecified atom stereocenters. The maximum Gasteiger partial charge on any atom is 0.490 e. The van der Waals surface area contributed by atoms with E-state index in [4.69, 9.17) is 9.90 Å². The van der Waals surface area contributed by atoms with Crippen molar-refractivity contribution in [2.75, 3.05) is 13.6 Å². The van der Waals surface area contributed by atoms with Crippen molar-refractivity contribution in [2.24, 2.45) is 0 Å². The van der Waals surface area contributed by atoms with Crippen molar-refractivity contribution < 1.29 is 27.9 Å². The van der Waals surface area contributed by atoms with Crippen LogP contribution in [-0.2, 0) is 4.79 Å². The highest BCUT2D eigenvalue weighted by atomic mass is 19.4. The second-order valence-corrected chi connectivity index (χ2v) is 7.67. The Kier molecular flexibility index (Phi) is 7.90. The van der Waals surface area contributed by atoms with Gasteiger partial charge in [0.1, 0.15) is 5.82 Å². The number of unbranched alkanes of at least 4 members (excludes halogenated alkanes) is 1. The van der Waals surface area contributed by atoms with E-state index in [2.05, 4.69) is 39.7 Å². The van der Waals surface area contributed by atoms with Crippen molar-refractivity contribution in [3.8, 4) is 16.9 Å². The monoisotopic (exact) mass is 487 g/mol. The maximum absolute atomic E-state index is 12.6. The first-order valence-corrected chi connectivity index (χ1v) is 10.7. The van der Waals surface area contributed by atoms with Crippen molar-refractivity contribution in [2.45, 2.75) is 25.9 Å². The number of hydrogen-bond acceptors (Lipinski definition) is 4. The van der Waals surface area contributed by atoms with Crippen LogP contribution < -0.4 is 0 Å². The lowest BCUT2D eigenvalue weighted by Crippen LogP contribution is -2.28. The number of alkyl halides is 3. The van der Waals surface area contributed by atoms with Gasteiger partial charge < -0.3 is 14.4 Å². The molecule has 1 N–H and O–H groups in total. The summed E-state index contributed by atoms with van der Waals surface area (Å²) in [5.41, 5.74) is 3.72. The van der Waals surface area contributed by atoms with E-state index in [1.807, 2.05) is 37.5 Å². The van der Waals surface area contributed by atoms with E-state index in [-0.39, 0.29) is 5.91 Å². The van der Waals surface area contributed by atoms with Crippen LogP contribution in [-0.4, -0.2) is 60.8 Å². The number of carboxylic acids is 1. The van der Waals surface area contributed by atoms with Gasteiger partial charge in [-0.1, -0.05) is 19.4 Å². The molecule has 0 aliphatic rings. The van der Waals surface area contributed by atoms with E-state index < -0.39 is 12.1 Å². The first-order valence-electron chi connectivity index (χ1n) is 10.7. The Labute approximate surface area is 199 Å². The van der Waals surface area contributed by atoms with Gasteiger partial charge in [-0.25, -0.2) is 9.48 Å². The number of aliphatic carboxylic acids is 1. The summed E-state index contributed by atoms with van der Waals surface area (Å²) in [5, 5.41) is 11.7. The number of carbonyl (C=O) groups excluding carboxylic acids is 1. The minimum absolute atomic E-state index is 0.0504. The molecule has 0 radical (unpaired) electrons. The fourth-order valence-corrected chi connectivity index (χ4v) is 3.25. The van der Waals surface area contributed by atoms with Gasteiger partial charge in [0.15, 0.2) is 5.69 Å². The van der Waals surface area contributed by atoms with Gasteiger partial charge in [0.2, 0.25) is 0 Å². The van der Waals surface area contributed by atoms with Gasteiger partial charge in [0.25, 0.3) is 5.91 Å². The second kappa shape index (κ2) is 10.9. The molecule has 8 nitrogen and oxygen atoms in total. The van der Waals surface area contributed by atoms with Gasteiger partial charge in [0, 0.05) is 43.9 Å². The Morgan fingerprint density at radius 1 is 1.03 bits per heavy atom. The molecule has 0 saturated heterocycles. The molecule has 11 heteroatoms. The number of carboxylic acid groups (broad SMARTS) is 1. The van der Waals surface area contributed by atoms with Crippen molar-refractivity contribution in [3.05, 3.63) is 72.9 Å². The largest absolute Gasteiger partial charge is 0.490 e. The van der Waals surface area contributed by atoms with Crippen molar-refractivity contribution >= 4 is 17.4 Å². The van der Waals surface area contributed by atoms with Gasteiger partial charge in [0.05, 0.1) is 0 Å². The Balaban J connectivity index is 0.000000429. The van der Waals surface area contributed by atoms with Crippen LogP contribution in [0.5, 0.6) is 0 Å². The van der Waals surface area contributed by atoms with E-state index in [0.29, 0.717) is 5.69 Å². The molecule has 4 heterocycles. The van der Waals surface area contributed by atoms with Crippen LogP contribution in [0.25, 0.3) is 22.5 Å². The van der Waals surface area contributed by atoms with Crippen molar-refractivity contribution in [3.63, 3.8) is 0 Å². The van der Waals surface area contributed by atoms with E-state index in [0.717, 1.165) is 41.8 Å². The number of amides is 1. The summed E-state index contributed by atoms with van der Waals surface area (Å²) in [4.78, 5) is 27.3. The summed E-state index contributed by atoms with van der Waals surface area (Å²) in [7, 11) is 1.82. The van der Waals surface area contributed by atoms with Crippen molar-refractivity contribution in [1.82, 2.24) is 24.1 Å². The van der Waals surface area contributed by atoms with Gasteiger partial charge in [-0.05, 0) is 53.9 Å². The molecular weight excluding hydrogens is 463 g/mol. The molecule has 4 aromatic heterocycles. The Bertz CT molecular complexity index is 1300. The number of nitrogens with zero attached hydrogens (tertiary/aromatic N) is 5. The van der Waals surface area contributed by atoms with Crippen LogP contribution in [0.1, 0.15) is 30.3 Å². The van der Waals surface area contributed by atoms with E-state index >= 15 is 0 Å². The third-order valence-electron chi connectivity index (χ3n) is 5.12. The third-order valence-corrected chi connectivity index (χ3v) is 5.12. The molecule has 4 rings (SSSR count). The number of carbonyl (C=O) groups is 2. The number of aromatic nitrogens is 4. The third kappa shape index (κ3) is 6.25. The molecule has 4 aromatic rings. The van der Waals surface area contributed by atoms with E-state index in [1.54, 1.807) is 28.0 Å². The van der Waals surface area contributed by atoms with Crippen LogP contribution >= 0.6 is 0 Å². The zero-order valence-corrected chi connectivity index (χ0v) is 19.1. The maximum atomic E-state index is 12.6. The number of pyridine rings is 2. The Morgan fingerprint density at radius 2 is 1.69 bits per heavy atom. The summed E-state index contributed by atoms with van der Waals surface area (Å²) >= 11 is 0. The molecule has 0 atom stereocenters. The van der Waals surface area contributed by atoms with E-state index in [9.17, 15) is 18.0 Å². The van der Waals surface area contributed by atoms with Crippen LogP contribution in [0, 0.1) is 0 Å². The quantitative estimate of drug-likeness (QED) is 0.426. The zero-order chi connectivity index (χ0) is 25.6. The molecular formula is C24H24F3N5O3. The number of halogens is 3. The summed E-state index contributed by atoms with van der Waals surface area (Å²) < 4.78 is 35.6. The average Bonchev–Trinajstić information content (AvgIpc) is 3.49. The Morgan fingerprint density at radius 3 is 2.31 bits per heavy atom. The second-order valence-electron chi connectivity index (χ2n) is 7.67. The summed E-state index contributed by atoms with van der Waals surface area (Å²) in [6.07, 6.45) is 4.46. The van der Waals surface area contributed by atoms with Crippen LogP contribution in [0.3, 0.4) is 0 Å². The molecule has 0 aromatic carbocycles. The standard InChI is InChI=1S/C22H23N5O.C2HF3O2/c1-3-4-14-25(2)22(28)20-11-15-27(24-20)21-8-7-19-6-5-18(16-26(19)21)17-9-12-23-13-10-17;3-2(4,5)1(6)7/h5-13,15-16H,3-4,14H2,1-2H3;(H,6,7). The van der Waals surface area contributed by atoms with Gasteiger partial charge >= 0.3 is 12.1 Å². The SMILES string of the molecule is CCCCN(C)C(=O)c1ccn(-c2ccc3ccc(-c4ccncc4)cn23)n1.O=C(O)C(F)(F)F. The molecule has 0 spiro atoms. The highest BCUT2D eigenvalue weighted by Crippen LogP contribution is 2.22. The number of fused-ring (bicyclic) bond motifs is 1. The molecule has 0 aliphatic carbocycles. The zero-order valence-electron chi connectivity index (χ0n) is 19.1. The lowest BCUT2D eigenvalue weighted by molar-refractivity contribution is -0.192. The highest BCUT2D eigenvalue weighted by molar-refractivity contribution is 5.92. The van der Waals surface area contributed by atoms with Gasteiger partial charge in [-0.2, -0.15) is 18.3 Å².